The van der Waals surface area contributed by atoms with Crippen LogP contribution in [0.3, 0.4) is 0 Å². The van der Waals surface area contributed by atoms with Crippen LogP contribution < -0.4 is 0 Å². The Morgan fingerprint density at radius 2 is 1.88 bits per heavy atom. The lowest BCUT2D eigenvalue weighted by Crippen LogP contribution is -2.41. The standard InChI is InChI=1S/C12H25NO2S/c1-10(2)13(8-6-7-9-16)11(14)15-12(3,4)5/h10,16H,6-9H2,1-5H3. The summed E-state index contributed by atoms with van der Waals surface area (Å²) in [5, 5.41) is 0. The summed E-state index contributed by atoms with van der Waals surface area (Å²) in [6, 6.07) is 0.176. The number of thiol groups is 1. The molecule has 0 aliphatic rings. The zero-order valence-corrected chi connectivity index (χ0v) is 12.0. The third-order valence-electron chi connectivity index (χ3n) is 2.06. The van der Waals surface area contributed by atoms with E-state index in [1.165, 1.54) is 0 Å². The molecular formula is C12H25NO2S. The molecule has 0 aromatic rings. The second-order valence-electron chi connectivity index (χ2n) is 5.20. The van der Waals surface area contributed by atoms with E-state index in [-0.39, 0.29) is 12.1 Å². The van der Waals surface area contributed by atoms with Crippen LogP contribution >= 0.6 is 12.6 Å². The van der Waals surface area contributed by atoms with Crippen LogP contribution in [0.15, 0.2) is 0 Å². The van der Waals surface area contributed by atoms with Gasteiger partial charge in [0.2, 0.25) is 0 Å². The summed E-state index contributed by atoms with van der Waals surface area (Å²) in [6.45, 7) is 10.4. The molecule has 0 aromatic carbocycles. The van der Waals surface area contributed by atoms with E-state index in [0.29, 0.717) is 0 Å². The van der Waals surface area contributed by atoms with Crippen LogP contribution in [-0.2, 0) is 4.74 Å². The van der Waals surface area contributed by atoms with Gasteiger partial charge in [-0.05, 0) is 53.2 Å². The summed E-state index contributed by atoms with van der Waals surface area (Å²) < 4.78 is 5.36. The van der Waals surface area contributed by atoms with Gasteiger partial charge in [0.25, 0.3) is 0 Å². The first-order valence-corrected chi connectivity index (χ1v) is 6.51. The number of rotatable bonds is 5. The van der Waals surface area contributed by atoms with Crippen molar-refractivity contribution in [3.05, 3.63) is 0 Å². The molecule has 0 N–H and O–H groups in total. The summed E-state index contributed by atoms with van der Waals surface area (Å²) in [6.07, 6.45) is 1.78. The van der Waals surface area contributed by atoms with E-state index in [1.54, 1.807) is 4.90 Å². The minimum atomic E-state index is -0.423. The smallest absolute Gasteiger partial charge is 0.410 e. The Kier molecular flexibility index (Phi) is 6.88. The Bertz CT molecular complexity index is 212. The summed E-state index contributed by atoms with van der Waals surface area (Å²) in [4.78, 5) is 13.7. The quantitative estimate of drug-likeness (QED) is 0.596. The van der Waals surface area contributed by atoms with Crippen LogP contribution in [0.2, 0.25) is 0 Å². The van der Waals surface area contributed by atoms with Gasteiger partial charge in [0.1, 0.15) is 5.60 Å². The van der Waals surface area contributed by atoms with Crippen LogP contribution in [0.1, 0.15) is 47.5 Å². The topological polar surface area (TPSA) is 29.5 Å². The number of amides is 1. The van der Waals surface area contributed by atoms with E-state index in [0.717, 1.165) is 25.1 Å². The van der Waals surface area contributed by atoms with Gasteiger partial charge in [-0.3, -0.25) is 0 Å². The van der Waals surface area contributed by atoms with Crippen LogP contribution in [-0.4, -0.2) is 34.9 Å². The van der Waals surface area contributed by atoms with Gasteiger partial charge < -0.3 is 9.64 Å². The Labute approximate surface area is 105 Å². The van der Waals surface area contributed by atoms with Gasteiger partial charge in [-0.25, -0.2) is 4.79 Å². The molecule has 0 heterocycles. The van der Waals surface area contributed by atoms with Crippen LogP contribution in [0.4, 0.5) is 4.79 Å². The Balaban J connectivity index is 4.25. The highest BCUT2D eigenvalue weighted by Crippen LogP contribution is 2.12. The number of carbonyl (C=O) groups is 1. The molecule has 0 aliphatic carbocycles. The van der Waals surface area contributed by atoms with Crippen molar-refractivity contribution in [3.8, 4) is 0 Å². The van der Waals surface area contributed by atoms with Gasteiger partial charge in [-0.2, -0.15) is 12.6 Å². The average Bonchev–Trinajstić information content (AvgIpc) is 2.08. The van der Waals surface area contributed by atoms with Crippen molar-refractivity contribution in [2.45, 2.75) is 59.1 Å². The van der Waals surface area contributed by atoms with Crippen molar-refractivity contribution in [1.82, 2.24) is 4.90 Å². The molecule has 0 saturated carbocycles. The molecule has 0 rings (SSSR count). The maximum atomic E-state index is 11.9. The second kappa shape index (κ2) is 7.05. The maximum Gasteiger partial charge on any atom is 0.410 e. The molecule has 0 fully saturated rings. The molecule has 0 radical (unpaired) electrons. The Hall–Kier alpha value is -0.380. The van der Waals surface area contributed by atoms with Crippen molar-refractivity contribution in [3.63, 3.8) is 0 Å². The minimum absolute atomic E-state index is 0.176. The molecular weight excluding hydrogens is 222 g/mol. The van der Waals surface area contributed by atoms with Gasteiger partial charge in [0, 0.05) is 12.6 Å². The minimum Gasteiger partial charge on any atom is -0.444 e. The number of unbranched alkanes of at least 4 members (excludes halogenated alkanes) is 1. The fraction of sp³-hybridized carbons (Fsp3) is 0.917. The summed E-state index contributed by atoms with van der Waals surface area (Å²) >= 11 is 4.16. The van der Waals surface area contributed by atoms with Crippen molar-refractivity contribution >= 4 is 18.7 Å². The molecule has 1 amide bonds. The first-order chi connectivity index (χ1) is 7.28. The van der Waals surface area contributed by atoms with Crippen molar-refractivity contribution in [2.24, 2.45) is 0 Å². The third-order valence-corrected chi connectivity index (χ3v) is 2.37. The number of hydrogen-bond acceptors (Lipinski definition) is 3. The second-order valence-corrected chi connectivity index (χ2v) is 5.65. The van der Waals surface area contributed by atoms with E-state index in [4.69, 9.17) is 4.74 Å². The lowest BCUT2D eigenvalue weighted by atomic mass is 10.2. The first-order valence-electron chi connectivity index (χ1n) is 5.88. The number of ether oxygens (including phenoxy) is 1. The molecule has 0 atom stereocenters. The maximum absolute atomic E-state index is 11.9. The lowest BCUT2D eigenvalue weighted by molar-refractivity contribution is 0.0189. The first kappa shape index (κ1) is 15.6. The van der Waals surface area contributed by atoms with Crippen LogP contribution in [0.25, 0.3) is 0 Å². The van der Waals surface area contributed by atoms with E-state index in [9.17, 15) is 4.79 Å². The summed E-state index contributed by atoms with van der Waals surface area (Å²) in [5.74, 6) is 0.861. The molecule has 0 bridgehead atoms. The lowest BCUT2D eigenvalue weighted by Gasteiger charge is -2.30. The largest absolute Gasteiger partial charge is 0.444 e. The predicted molar refractivity (Wildman–Crippen MR) is 71.2 cm³/mol. The van der Waals surface area contributed by atoms with Gasteiger partial charge in [-0.15, -0.1) is 0 Å². The summed E-state index contributed by atoms with van der Waals surface area (Å²) in [5.41, 5.74) is -0.423. The highest BCUT2D eigenvalue weighted by Gasteiger charge is 2.23. The van der Waals surface area contributed by atoms with Crippen LogP contribution in [0, 0.1) is 0 Å². The fourth-order valence-corrected chi connectivity index (χ4v) is 1.50. The zero-order chi connectivity index (χ0) is 12.8. The number of carbonyl (C=O) groups excluding carboxylic acids is 1. The van der Waals surface area contributed by atoms with E-state index >= 15 is 0 Å². The van der Waals surface area contributed by atoms with Crippen LogP contribution in [0.5, 0.6) is 0 Å². The average molecular weight is 247 g/mol. The Morgan fingerprint density at radius 1 is 1.31 bits per heavy atom. The van der Waals surface area contributed by atoms with Crippen molar-refractivity contribution in [1.29, 1.82) is 0 Å². The van der Waals surface area contributed by atoms with Crippen molar-refractivity contribution in [2.75, 3.05) is 12.3 Å². The zero-order valence-electron chi connectivity index (χ0n) is 11.1. The molecule has 0 saturated heterocycles. The van der Waals surface area contributed by atoms with Crippen molar-refractivity contribution < 1.29 is 9.53 Å². The monoisotopic (exact) mass is 247 g/mol. The molecule has 3 nitrogen and oxygen atoms in total. The number of nitrogens with zero attached hydrogens (tertiary/aromatic N) is 1. The third kappa shape index (κ3) is 6.99. The predicted octanol–water partition coefficient (Wildman–Crippen LogP) is 3.34. The molecule has 4 heteroatoms. The molecule has 0 unspecified atom stereocenters. The molecule has 0 spiro atoms. The molecule has 16 heavy (non-hydrogen) atoms. The van der Waals surface area contributed by atoms with Gasteiger partial charge in [0.15, 0.2) is 0 Å². The highest BCUT2D eigenvalue weighted by molar-refractivity contribution is 7.80. The van der Waals surface area contributed by atoms with Gasteiger partial charge >= 0.3 is 6.09 Å². The van der Waals surface area contributed by atoms with E-state index in [2.05, 4.69) is 12.6 Å². The van der Waals surface area contributed by atoms with Gasteiger partial charge in [0.05, 0.1) is 0 Å². The van der Waals surface area contributed by atoms with Gasteiger partial charge in [-0.1, -0.05) is 0 Å². The molecule has 0 aliphatic heterocycles. The SMILES string of the molecule is CC(C)N(CCCCS)C(=O)OC(C)(C)C. The fourth-order valence-electron chi connectivity index (χ4n) is 1.27. The van der Waals surface area contributed by atoms with E-state index < -0.39 is 5.60 Å². The summed E-state index contributed by atoms with van der Waals surface area (Å²) in [7, 11) is 0. The molecule has 0 aromatic heterocycles. The number of hydrogen-bond donors (Lipinski definition) is 1. The van der Waals surface area contributed by atoms with E-state index in [1.807, 2.05) is 34.6 Å². The normalized spacial score (nSPS) is 11.7. The Morgan fingerprint density at radius 3 is 2.25 bits per heavy atom. The molecule has 96 valence electrons. The highest BCUT2D eigenvalue weighted by atomic mass is 32.1.